The number of benzene rings is 2. The van der Waals surface area contributed by atoms with Crippen LogP contribution >= 0.6 is 0 Å². The third-order valence-electron chi connectivity index (χ3n) is 6.14. The predicted octanol–water partition coefficient (Wildman–Crippen LogP) is 4.52. The number of carbonyl (C=O) groups excluding carboxylic acids is 2. The van der Waals surface area contributed by atoms with E-state index in [1.807, 2.05) is 13.8 Å². The van der Waals surface area contributed by atoms with Crippen molar-refractivity contribution in [1.29, 1.82) is 0 Å². The number of alkyl halides is 3. The minimum atomic E-state index is -4.49. The number of nitrogens with zero attached hydrogens (tertiary/aromatic N) is 4. The summed E-state index contributed by atoms with van der Waals surface area (Å²) in [5.74, 6) is -2.91. The summed E-state index contributed by atoms with van der Waals surface area (Å²) in [4.78, 5) is 33.3. The maximum absolute atomic E-state index is 13.9. The summed E-state index contributed by atoms with van der Waals surface area (Å²) < 4.78 is 67.3. The average molecular weight is 494 g/mol. The van der Waals surface area contributed by atoms with Crippen LogP contribution in [-0.4, -0.2) is 57.3 Å². The molecule has 0 aliphatic carbocycles. The molecule has 0 radical (unpaired) electrons. The molecular weight excluding hydrogens is 471 g/mol. The molecule has 6 nitrogen and oxygen atoms in total. The number of amides is 2. The molecule has 1 saturated heterocycles. The van der Waals surface area contributed by atoms with Gasteiger partial charge in [-0.25, -0.2) is 13.8 Å². The van der Waals surface area contributed by atoms with E-state index in [2.05, 4.69) is 4.98 Å². The standard InChI is InChI=1S/C24H23F5N4O2/c1-14(2)21(33-13-30-19-11-17(25)18(26)12-20(19)33)23(35)32-9-7-31(8-10-32)22(34)15-3-5-16(6-4-15)24(27,28)29/h3-6,11-14,21H,7-10H2,1-2H3. The lowest BCUT2D eigenvalue weighted by Crippen LogP contribution is -2.52. The number of aromatic nitrogens is 2. The van der Waals surface area contributed by atoms with Crippen molar-refractivity contribution < 1.29 is 31.5 Å². The molecule has 0 saturated carbocycles. The van der Waals surface area contributed by atoms with E-state index in [0.29, 0.717) is 5.52 Å². The summed E-state index contributed by atoms with van der Waals surface area (Å²) in [7, 11) is 0. The smallest absolute Gasteiger partial charge is 0.337 e. The van der Waals surface area contributed by atoms with Crippen molar-refractivity contribution in [2.75, 3.05) is 26.2 Å². The van der Waals surface area contributed by atoms with Crippen LogP contribution in [0.25, 0.3) is 11.0 Å². The van der Waals surface area contributed by atoms with Crippen LogP contribution in [0.4, 0.5) is 22.0 Å². The van der Waals surface area contributed by atoms with Gasteiger partial charge in [-0.2, -0.15) is 13.2 Å². The highest BCUT2D eigenvalue weighted by molar-refractivity contribution is 5.94. The molecule has 35 heavy (non-hydrogen) atoms. The van der Waals surface area contributed by atoms with E-state index >= 15 is 0 Å². The van der Waals surface area contributed by atoms with Crippen molar-refractivity contribution in [3.63, 3.8) is 0 Å². The number of hydrogen-bond donors (Lipinski definition) is 0. The van der Waals surface area contributed by atoms with Gasteiger partial charge in [0.15, 0.2) is 11.6 Å². The molecular formula is C24H23F5N4O2. The lowest BCUT2D eigenvalue weighted by molar-refractivity contribution is -0.138. The zero-order chi connectivity index (χ0) is 25.5. The zero-order valence-electron chi connectivity index (χ0n) is 19.0. The molecule has 1 atom stereocenters. The molecule has 1 aliphatic rings. The minimum absolute atomic E-state index is 0.136. The van der Waals surface area contributed by atoms with Gasteiger partial charge in [-0.05, 0) is 30.2 Å². The van der Waals surface area contributed by atoms with E-state index in [1.54, 1.807) is 4.90 Å². The highest BCUT2D eigenvalue weighted by Crippen LogP contribution is 2.30. The first-order valence-corrected chi connectivity index (χ1v) is 11.0. The van der Waals surface area contributed by atoms with Crippen LogP contribution in [0.3, 0.4) is 0 Å². The monoisotopic (exact) mass is 494 g/mol. The molecule has 2 aromatic carbocycles. The maximum Gasteiger partial charge on any atom is 0.416 e. The van der Waals surface area contributed by atoms with Gasteiger partial charge in [0.25, 0.3) is 5.91 Å². The van der Waals surface area contributed by atoms with Gasteiger partial charge in [0.2, 0.25) is 5.91 Å². The zero-order valence-corrected chi connectivity index (χ0v) is 19.0. The second-order valence-corrected chi connectivity index (χ2v) is 8.79. The van der Waals surface area contributed by atoms with Crippen LogP contribution in [0.2, 0.25) is 0 Å². The lowest BCUT2D eigenvalue weighted by Gasteiger charge is -2.37. The Bertz CT molecular complexity index is 1250. The van der Waals surface area contributed by atoms with Gasteiger partial charge in [-0.1, -0.05) is 13.8 Å². The Hall–Kier alpha value is -3.50. The molecule has 0 spiro atoms. The van der Waals surface area contributed by atoms with E-state index in [-0.39, 0.29) is 49.1 Å². The number of halogens is 5. The highest BCUT2D eigenvalue weighted by atomic mass is 19.4. The predicted molar refractivity (Wildman–Crippen MR) is 117 cm³/mol. The van der Waals surface area contributed by atoms with E-state index in [9.17, 15) is 31.5 Å². The van der Waals surface area contributed by atoms with Crippen LogP contribution in [0.15, 0.2) is 42.7 Å². The third-order valence-corrected chi connectivity index (χ3v) is 6.14. The van der Waals surface area contributed by atoms with Gasteiger partial charge < -0.3 is 14.4 Å². The van der Waals surface area contributed by atoms with Crippen LogP contribution < -0.4 is 0 Å². The van der Waals surface area contributed by atoms with E-state index in [4.69, 9.17) is 0 Å². The number of piperazine rings is 1. The van der Waals surface area contributed by atoms with Crippen molar-refractivity contribution in [1.82, 2.24) is 19.4 Å². The summed E-state index contributed by atoms with van der Waals surface area (Å²) in [6.45, 7) is 4.53. The second kappa shape index (κ2) is 9.27. The van der Waals surface area contributed by atoms with E-state index in [1.165, 1.54) is 15.8 Å². The van der Waals surface area contributed by atoms with Crippen molar-refractivity contribution in [2.45, 2.75) is 26.1 Å². The van der Waals surface area contributed by atoms with Crippen molar-refractivity contribution in [2.24, 2.45) is 5.92 Å². The topological polar surface area (TPSA) is 58.4 Å². The van der Waals surface area contributed by atoms with Gasteiger partial charge in [-0.3, -0.25) is 9.59 Å². The molecule has 4 rings (SSSR count). The van der Waals surface area contributed by atoms with Gasteiger partial charge in [0.1, 0.15) is 6.04 Å². The SMILES string of the molecule is CC(C)C(C(=O)N1CCN(C(=O)c2ccc(C(F)(F)F)cc2)CC1)n1cnc2cc(F)c(F)cc21. The minimum Gasteiger partial charge on any atom is -0.337 e. The Morgan fingerprint density at radius 2 is 1.49 bits per heavy atom. The fraction of sp³-hybridized carbons (Fsp3) is 0.375. The molecule has 3 aromatic rings. The van der Waals surface area contributed by atoms with Gasteiger partial charge in [0, 0.05) is 43.9 Å². The first-order chi connectivity index (χ1) is 16.5. The number of hydrogen-bond acceptors (Lipinski definition) is 3. The molecule has 2 heterocycles. The summed E-state index contributed by atoms with van der Waals surface area (Å²) in [6, 6.07) is 5.29. The second-order valence-electron chi connectivity index (χ2n) is 8.79. The Balaban J connectivity index is 1.47. The van der Waals surface area contributed by atoms with Crippen LogP contribution in [0.5, 0.6) is 0 Å². The molecule has 1 aliphatic heterocycles. The fourth-order valence-electron chi connectivity index (χ4n) is 4.27. The van der Waals surface area contributed by atoms with Gasteiger partial charge in [-0.15, -0.1) is 0 Å². The van der Waals surface area contributed by atoms with E-state index < -0.39 is 35.3 Å². The Kier molecular flexibility index (Phi) is 6.52. The molecule has 2 amide bonds. The molecule has 1 unspecified atom stereocenters. The molecule has 11 heteroatoms. The number of rotatable bonds is 4. The first-order valence-electron chi connectivity index (χ1n) is 11.0. The van der Waals surface area contributed by atoms with Crippen molar-refractivity contribution in [3.05, 3.63) is 65.5 Å². The highest BCUT2D eigenvalue weighted by Gasteiger charge is 2.34. The van der Waals surface area contributed by atoms with Gasteiger partial charge >= 0.3 is 6.18 Å². The maximum atomic E-state index is 13.9. The quantitative estimate of drug-likeness (QED) is 0.502. The Morgan fingerprint density at radius 3 is 2.06 bits per heavy atom. The number of fused-ring (bicyclic) bond motifs is 1. The molecule has 186 valence electrons. The lowest BCUT2D eigenvalue weighted by atomic mass is 10.0. The number of carbonyl (C=O) groups is 2. The molecule has 1 aromatic heterocycles. The molecule has 0 bridgehead atoms. The first kappa shape index (κ1) is 24.6. The van der Waals surface area contributed by atoms with Crippen LogP contribution in [0, 0.1) is 17.6 Å². The van der Waals surface area contributed by atoms with Crippen molar-refractivity contribution in [3.8, 4) is 0 Å². The van der Waals surface area contributed by atoms with E-state index in [0.717, 1.165) is 36.4 Å². The van der Waals surface area contributed by atoms with Crippen LogP contribution in [-0.2, 0) is 11.0 Å². The molecule has 0 N–H and O–H groups in total. The molecule has 1 fully saturated rings. The largest absolute Gasteiger partial charge is 0.416 e. The summed E-state index contributed by atoms with van der Waals surface area (Å²) in [5.41, 5.74) is -0.169. The van der Waals surface area contributed by atoms with Gasteiger partial charge in [0.05, 0.1) is 22.9 Å². The average Bonchev–Trinajstić information content (AvgIpc) is 3.20. The Labute approximate surface area is 197 Å². The summed E-state index contributed by atoms with van der Waals surface area (Å²) in [5, 5.41) is 0. The normalized spacial score (nSPS) is 15.7. The van der Waals surface area contributed by atoms with Crippen molar-refractivity contribution >= 4 is 22.8 Å². The third kappa shape index (κ3) is 4.85. The Morgan fingerprint density at radius 1 is 0.914 bits per heavy atom. The van der Waals surface area contributed by atoms with Crippen LogP contribution in [0.1, 0.15) is 35.8 Å². The summed E-state index contributed by atoms with van der Waals surface area (Å²) in [6.07, 6.45) is -3.10. The summed E-state index contributed by atoms with van der Waals surface area (Å²) >= 11 is 0. The fourth-order valence-corrected chi connectivity index (χ4v) is 4.27. The number of imidazole rings is 1.